The van der Waals surface area contributed by atoms with E-state index in [2.05, 4.69) is 17.4 Å². The number of amides is 2. The van der Waals surface area contributed by atoms with Crippen LogP contribution in [0.5, 0.6) is 5.75 Å². The van der Waals surface area contributed by atoms with Gasteiger partial charge in [0, 0.05) is 12.2 Å². The van der Waals surface area contributed by atoms with Crippen molar-refractivity contribution in [2.24, 2.45) is 11.8 Å². The van der Waals surface area contributed by atoms with E-state index in [-0.39, 0.29) is 17.9 Å². The van der Waals surface area contributed by atoms with Crippen molar-refractivity contribution in [2.75, 3.05) is 25.1 Å². The molecule has 2 saturated heterocycles. The average Bonchev–Trinajstić information content (AvgIpc) is 3.45. The van der Waals surface area contributed by atoms with Crippen molar-refractivity contribution in [3.05, 3.63) is 72.3 Å². The average molecular weight is 418 g/mol. The molecule has 31 heavy (non-hydrogen) atoms. The first kappa shape index (κ1) is 19.8. The van der Waals surface area contributed by atoms with E-state index in [9.17, 15) is 9.59 Å². The third kappa shape index (κ3) is 3.41. The summed E-state index contributed by atoms with van der Waals surface area (Å²) in [4.78, 5) is 28.1. The number of rotatable bonds is 7. The Balaban J connectivity index is 1.26. The third-order valence-corrected chi connectivity index (χ3v) is 6.57. The van der Waals surface area contributed by atoms with E-state index in [1.807, 2.05) is 54.6 Å². The Morgan fingerprint density at radius 3 is 2.71 bits per heavy atom. The smallest absolute Gasteiger partial charge is 0.234 e. The molecule has 3 aliphatic rings. The zero-order valence-corrected chi connectivity index (χ0v) is 17.5. The number of fused-ring (bicyclic) bond motifs is 1. The third-order valence-electron chi connectivity index (χ3n) is 6.57. The molecule has 3 aliphatic heterocycles. The van der Waals surface area contributed by atoms with Crippen LogP contribution in [-0.2, 0) is 20.7 Å². The number of ether oxygens (including phenoxy) is 2. The fourth-order valence-corrected chi connectivity index (χ4v) is 5.05. The van der Waals surface area contributed by atoms with Gasteiger partial charge in [-0.3, -0.25) is 9.59 Å². The summed E-state index contributed by atoms with van der Waals surface area (Å²) in [6.07, 6.45) is 5.34. The highest BCUT2D eigenvalue weighted by atomic mass is 16.5. The predicted molar refractivity (Wildman–Crippen MR) is 117 cm³/mol. The molecule has 0 radical (unpaired) electrons. The number of hydrogen-bond acceptors (Lipinski definition) is 4. The summed E-state index contributed by atoms with van der Waals surface area (Å²) in [5.74, 6) is -0.393. The molecule has 2 amide bonds. The molecule has 2 aromatic rings. The van der Waals surface area contributed by atoms with Gasteiger partial charge in [0.05, 0.1) is 31.6 Å². The summed E-state index contributed by atoms with van der Waals surface area (Å²) in [5.41, 5.74) is 1.33. The quantitative estimate of drug-likeness (QED) is 0.555. The zero-order valence-electron chi connectivity index (χ0n) is 17.5. The van der Waals surface area contributed by atoms with Gasteiger partial charge >= 0.3 is 0 Å². The molecule has 0 aromatic heterocycles. The first-order valence-corrected chi connectivity index (χ1v) is 10.8. The zero-order chi connectivity index (χ0) is 21.4. The Bertz CT molecular complexity index is 1000. The SMILES string of the molecule is COc1ccc(N2C[C@@]34C=C[C@@H](O3)C(C(=O)NCCCc3ccccc3)C4C2=O)cc1. The van der Waals surface area contributed by atoms with E-state index in [1.165, 1.54) is 5.56 Å². The summed E-state index contributed by atoms with van der Waals surface area (Å²) < 4.78 is 11.4. The lowest BCUT2D eigenvalue weighted by Gasteiger charge is -2.23. The van der Waals surface area contributed by atoms with Gasteiger partial charge in [-0.25, -0.2) is 0 Å². The highest BCUT2D eigenvalue weighted by Gasteiger charge is 2.67. The monoisotopic (exact) mass is 418 g/mol. The first-order chi connectivity index (χ1) is 15.1. The van der Waals surface area contributed by atoms with Gasteiger partial charge in [0.2, 0.25) is 11.8 Å². The Hall–Kier alpha value is -3.12. The molecule has 2 fully saturated rings. The second-order valence-electron chi connectivity index (χ2n) is 8.40. The topological polar surface area (TPSA) is 67.9 Å². The Morgan fingerprint density at radius 1 is 1.19 bits per heavy atom. The number of anilines is 1. The van der Waals surface area contributed by atoms with Crippen LogP contribution in [0, 0.1) is 11.8 Å². The maximum Gasteiger partial charge on any atom is 0.234 e. The number of nitrogens with one attached hydrogen (secondary N) is 1. The van der Waals surface area contributed by atoms with E-state index < -0.39 is 17.4 Å². The Kier molecular flexibility index (Phi) is 5.02. The highest BCUT2D eigenvalue weighted by molar-refractivity contribution is 6.03. The van der Waals surface area contributed by atoms with Crippen LogP contribution < -0.4 is 15.0 Å². The molecule has 1 N–H and O–H groups in total. The largest absolute Gasteiger partial charge is 0.497 e. The van der Waals surface area contributed by atoms with Crippen molar-refractivity contribution >= 4 is 17.5 Å². The molecule has 2 bridgehead atoms. The minimum absolute atomic E-state index is 0.0542. The minimum atomic E-state index is -0.715. The lowest BCUT2D eigenvalue weighted by molar-refractivity contribution is -0.131. The van der Waals surface area contributed by atoms with Crippen LogP contribution in [0.4, 0.5) is 5.69 Å². The van der Waals surface area contributed by atoms with Gasteiger partial charge in [-0.1, -0.05) is 42.5 Å². The second-order valence-corrected chi connectivity index (χ2v) is 8.40. The van der Waals surface area contributed by atoms with Crippen LogP contribution in [0.2, 0.25) is 0 Å². The number of nitrogens with zero attached hydrogens (tertiary/aromatic N) is 1. The Morgan fingerprint density at radius 2 is 1.97 bits per heavy atom. The van der Waals surface area contributed by atoms with Gasteiger partial charge in [0.25, 0.3) is 0 Å². The molecule has 6 heteroatoms. The lowest BCUT2D eigenvalue weighted by Crippen LogP contribution is -2.44. The molecule has 2 aromatic carbocycles. The fraction of sp³-hybridized carbons (Fsp3) is 0.360. The maximum absolute atomic E-state index is 13.4. The molecule has 3 heterocycles. The number of methoxy groups -OCH3 is 1. The van der Waals surface area contributed by atoms with Gasteiger partial charge in [0.1, 0.15) is 11.4 Å². The molecule has 2 unspecified atom stereocenters. The Labute approximate surface area is 181 Å². The number of carbonyl (C=O) groups is 2. The van der Waals surface area contributed by atoms with Crippen molar-refractivity contribution in [1.29, 1.82) is 0 Å². The molecule has 5 rings (SSSR count). The standard InChI is InChI=1S/C25H26N2O4/c1-30-19-11-9-18(10-12-19)27-16-25-14-13-20(31-25)21(22(25)24(27)29)23(28)26-15-5-8-17-6-3-2-4-7-17/h2-4,6-7,9-14,20-22H,5,8,15-16H2,1H3,(H,26,28)/t20-,21?,22?,25-/m1/s1. The summed E-state index contributed by atoms with van der Waals surface area (Å²) in [7, 11) is 1.61. The van der Waals surface area contributed by atoms with Crippen molar-refractivity contribution in [1.82, 2.24) is 5.32 Å². The molecule has 0 saturated carbocycles. The first-order valence-electron chi connectivity index (χ1n) is 10.8. The summed E-state index contributed by atoms with van der Waals surface area (Å²) >= 11 is 0. The van der Waals surface area contributed by atoms with Crippen molar-refractivity contribution in [3.8, 4) is 5.75 Å². The van der Waals surface area contributed by atoms with Gasteiger partial charge in [0.15, 0.2) is 0 Å². The van der Waals surface area contributed by atoms with Gasteiger partial charge in [-0.2, -0.15) is 0 Å². The number of benzene rings is 2. The lowest BCUT2D eigenvalue weighted by atomic mass is 9.77. The van der Waals surface area contributed by atoms with Crippen molar-refractivity contribution in [3.63, 3.8) is 0 Å². The molecule has 0 aliphatic carbocycles. The van der Waals surface area contributed by atoms with E-state index in [1.54, 1.807) is 12.0 Å². The maximum atomic E-state index is 13.4. The number of hydrogen-bond donors (Lipinski definition) is 1. The normalized spacial score (nSPS) is 28.1. The molecular formula is C25H26N2O4. The fourth-order valence-electron chi connectivity index (χ4n) is 5.05. The molecule has 1 spiro atoms. The van der Waals surface area contributed by atoms with Crippen LogP contribution in [0.25, 0.3) is 0 Å². The number of carbonyl (C=O) groups excluding carboxylic acids is 2. The van der Waals surface area contributed by atoms with Gasteiger partial charge in [-0.05, 0) is 42.7 Å². The summed E-state index contributed by atoms with van der Waals surface area (Å²) in [6, 6.07) is 17.6. The summed E-state index contributed by atoms with van der Waals surface area (Å²) in [5, 5.41) is 3.04. The van der Waals surface area contributed by atoms with Crippen LogP contribution in [0.15, 0.2) is 66.7 Å². The van der Waals surface area contributed by atoms with E-state index in [0.29, 0.717) is 13.1 Å². The van der Waals surface area contributed by atoms with Crippen molar-refractivity contribution in [2.45, 2.75) is 24.5 Å². The van der Waals surface area contributed by atoms with E-state index in [4.69, 9.17) is 9.47 Å². The highest BCUT2D eigenvalue weighted by Crippen LogP contribution is 2.52. The second kappa shape index (κ2) is 7.85. The van der Waals surface area contributed by atoms with Crippen LogP contribution in [0.3, 0.4) is 0 Å². The van der Waals surface area contributed by atoms with Gasteiger partial charge in [-0.15, -0.1) is 0 Å². The molecule has 4 atom stereocenters. The molecule has 160 valence electrons. The van der Waals surface area contributed by atoms with Crippen LogP contribution >= 0.6 is 0 Å². The molecular weight excluding hydrogens is 392 g/mol. The van der Waals surface area contributed by atoms with E-state index >= 15 is 0 Å². The predicted octanol–water partition coefficient (Wildman–Crippen LogP) is 2.73. The molecule has 6 nitrogen and oxygen atoms in total. The van der Waals surface area contributed by atoms with Crippen LogP contribution in [0.1, 0.15) is 12.0 Å². The summed E-state index contributed by atoms with van der Waals surface area (Å²) in [6.45, 7) is 1.00. The number of aryl methyl sites for hydroxylation is 1. The van der Waals surface area contributed by atoms with E-state index in [0.717, 1.165) is 24.3 Å². The van der Waals surface area contributed by atoms with Gasteiger partial charge < -0.3 is 19.7 Å². The van der Waals surface area contributed by atoms with Crippen molar-refractivity contribution < 1.29 is 19.1 Å². The van der Waals surface area contributed by atoms with Crippen LogP contribution in [-0.4, -0.2) is 43.7 Å². The minimum Gasteiger partial charge on any atom is -0.497 e.